The molecule has 2 N–H and O–H groups in total. The summed E-state index contributed by atoms with van der Waals surface area (Å²) in [5.41, 5.74) is 1.09. The van der Waals surface area contributed by atoms with Gasteiger partial charge in [-0.25, -0.2) is 0 Å². The van der Waals surface area contributed by atoms with Gasteiger partial charge in [-0.05, 0) is 31.4 Å². The highest BCUT2D eigenvalue weighted by molar-refractivity contribution is 5.73. The Bertz CT molecular complexity index is 406. The van der Waals surface area contributed by atoms with Crippen molar-refractivity contribution in [3.63, 3.8) is 0 Å². The van der Waals surface area contributed by atoms with Crippen LogP contribution in [0.1, 0.15) is 32.3 Å². The average molecular weight is 265 g/mol. The van der Waals surface area contributed by atoms with E-state index in [9.17, 15) is 4.79 Å². The van der Waals surface area contributed by atoms with Gasteiger partial charge in [0.15, 0.2) is 0 Å². The van der Waals surface area contributed by atoms with E-state index in [1.807, 2.05) is 38.1 Å². The van der Waals surface area contributed by atoms with Crippen molar-refractivity contribution in [2.75, 3.05) is 7.11 Å². The molecule has 0 aromatic heterocycles. The van der Waals surface area contributed by atoms with E-state index >= 15 is 0 Å². The molecule has 0 fully saturated rings. The van der Waals surface area contributed by atoms with E-state index in [-0.39, 0.29) is 6.04 Å². The summed E-state index contributed by atoms with van der Waals surface area (Å²) in [5.74, 6) is 0.0623. The van der Waals surface area contributed by atoms with E-state index in [2.05, 4.69) is 5.32 Å². The first-order valence-electron chi connectivity index (χ1n) is 6.69. The van der Waals surface area contributed by atoms with Crippen molar-refractivity contribution in [3.8, 4) is 5.75 Å². The second-order valence-electron chi connectivity index (χ2n) is 4.76. The van der Waals surface area contributed by atoms with Gasteiger partial charge in [0.2, 0.25) is 0 Å². The van der Waals surface area contributed by atoms with Crippen LogP contribution in [0.25, 0.3) is 0 Å². The molecule has 0 heterocycles. The van der Waals surface area contributed by atoms with Gasteiger partial charge in [-0.3, -0.25) is 4.79 Å². The second-order valence-corrected chi connectivity index (χ2v) is 4.76. The largest absolute Gasteiger partial charge is 0.496 e. The van der Waals surface area contributed by atoms with E-state index in [0.29, 0.717) is 6.42 Å². The van der Waals surface area contributed by atoms with Crippen molar-refractivity contribution in [3.05, 3.63) is 29.8 Å². The Morgan fingerprint density at radius 3 is 2.68 bits per heavy atom. The molecule has 1 aromatic rings. The van der Waals surface area contributed by atoms with Gasteiger partial charge in [0, 0.05) is 6.04 Å². The lowest BCUT2D eigenvalue weighted by atomic mass is 10.0. The highest BCUT2D eigenvalue weighted by Gasteiger charge is 2.19. The van der Waals surface area contributed by atoms with Gasteiger partial charge in [-0.2, -0.15) is 0 Å². The summed E-state index contributed by atoms with van der Waals surface area (Å²) < 4.78 is 5.30. The molecular weight excluding hydrogens is 242 g/mol. The molecule has 106 valence electrons. The van der Waals surface area contributed by atoms with Crippen molar-refractivity contribution in [1.29, 1.82) is 0 Å². The minimum Gasteiger partial charge on any atom is -0.496 e. The number of methoxy groups -OCH3 is 1. The maximum atomic E-state index is 11.1. The van der Waals surface area contributed by atoms with Gasteiger partial charge in [0.1, 0.15) is 11.8 Å². The van der Waals surface area contributed by atoms with Gasteiger partial charge in [0.25, 0.3) is 0 Å². The highest BCUT2D eigenvalue weighted by atomic mass is 16.5. The molecule has 0 radical (unpaired) electrons. The van der Waals surface area contributed by atoms with Crippen LogP contribution in [0.2, 0.25) is 0 Å². The van der Waals surface area contributed by atoms with Crippen LogP contribution in [0.5, 0.6) is 5.75 Å². The van der Waals surface area contributed by atoms with Crippen LogP contribution in [0, 0.1) is 0 Å². The van der Waals surface area contributed by atoms with Gasteiger partial charge in [-0.15, -0.1) is 0 Å². The van der Waals surface area contributed by atoms with Gasteiger partial charge < -0.3 is 15.2 Å². The van der Waals surface area contributed by atoms with Crippen molar-refractivity contribution >= 4 is 5.97 Å². The number of ether oxygens (including phenoxy) is 1. The molecule has 0 aliphatic carbocycles. The molecule has 1 rings (SSSR count). The Hall–Kier alpha value is -1.55. The number of hydrogen-bond donors (Lipinski definition) is 2. The first-order valence-corrected chi connectivity index (χ1v) is 6.69. The molecular formula is C15H23NO3. The molecule has 0 aliphatic rings. The molecule has 0 aliphatic heterocycles. The summed E-state index contributed by atoms with van der Waals surface area (Å²) in [6, 6.07) is 7.43. The molecule has 0 bridgehead atoms. The molecule has 0 amide bonds. The third kappa shape index (κ3) is 4.91. The number of aliphatic carboxylic acids is 1. The Balaban J connectivity index is 2.63. The lowest BCUT2D eigenvalue weighted by Gasteiger charge is -2.20. The lowest BCUT2D eigenvalue weighted by Crippen LogP contribution is -2.42. The standard InChI is InChI=1S/C15H23NO3/c1-4-7-13(15(17)18)16-11(2)10-12-8-5-6-9-14(12)19-3/h5-6,8-9,11,13,16H,4,7,10H2,1-3H3,(H,17,18). The first-order chi connectivity index (χ1) is 9.08. The summed E-state index contributed by atoms with van der Waals surface area (Å²) in [4.78, 5) is 11.1. The van der Waals surface area contributed by atoms with Crippen molar-refractivity contribution < 1.29 is 14.6 Å². The van der Waals surface area contributed by atoms with Crippen molar-refractivity contribution in [1.82, 2.24) is 5.32 Å². The van der Waals surface area contributed by atoms with Gasteiger partial charge >= 0.3 is 5.97 Å². The summed E-state index contributed by atoms with van der Waals surface area (Å²) in [6.07, 6.45) is 2.24. The number of para-hydroxylation sites is 1. The minimum absolute atomic E-state index is 0.0870. The predicted molar refractivity (Wildman–Crippen MR) is 75.6 cm³/mol. The fourth-order valence-corrected chi connectivity index (χ4v) is 2.17. The zero-order chi connectivity index (χ0) is 14.3. The molecule has 19 heavy (non-hydrogen) atoms. The number of carboxylic acid groups (broad SMARTS) is 1. The van der Waals surface area contributed by atoms with E-state index in [0.717, 1.165) is 24.2 Å². The fourth-order valence-electron chi connectivity index (χ4n) is 2.17. The minimum atomic E-state index is -0.784. The average Bonchev–Trinajstić information content (AvgIpc) is 2.38. The smallest absolute Gasteiger partial charge is 0.320 e. The summed E-state index contributed by atoms with van der Waals surface area (Å²) in [5, 5.41) is 12.3. The van der Waals surface area contributed by atoms with Crippen LogP contribution in [0.3, 0.4) is 0 Å². The van der Waals surface area contributed by atoms with Crippen LogP contribution >= 0.6 is 0 Å². The van der Waals surface area contributed by atoms with Crippen molar-refractivity contribution in [2.45, 2.75) is 45.2 Å². The number of rotatable bonds is 8. The number of hydrogen-bond acceptors (Lipinski definition) is 3. The van der Waals surface area contributed by atoms with Gasteiger partial charge in [0.05, 0.1) is 7.11 Å². The van der Waals surface area contributed by atoms with E-state index in [4.69, 9.17) is 9.84 Å². The zero-order valence-corrected chi connectivity index (χ0v) is 11.8. The van der Waals surface area contributed by atoms with Crippen LogP contribution in [0.15, 0.2) is 24.3 Å². The Morgan fingerprint density at radius 1 is 1.42 bits per heavy atom. The third-order valence-corrected chi connectivity index (χ3v) is 3.08. The molecule has 0 saturated heterocycles. The highest BCUT2D eigenvalue weighted by Crippen LogP contribution is 2.19. The Labute approximate surface area is 114 Å². The molecule has 2 unspecified atom stereocenters. The van der Waals surface area contributed by atoms with E-state index in [1.165, 1.54) is 0 Å². The van der Waals surface area contributed by atoms with Crippen molar-refractivity contribution in [2.24, 2.45) is 0 Å². The normalized spacial score (nSPS) is 13.8. The summed E-state index contributed by atoms with van der Waals surface area (Å²) in [6.45, 7) is 3.99. The van der Waals surface area contributed by atoms with Crippen LogP contribution in [-0.4, -0.2) is 30.3 Å². The Kier molecular flexibility index (Phi) is 6.36. The van der Waals surface area contributed by atoms with Crippen LogP contribution < -0.4 is 10.1 Å². The van der Waals surface area contributed by atoms with E-state index < -0.39 is 12.0 Å². The topological polar surface area (TPSA) is 58.6 Å². The number of nitrogens with one attached hydrogen (secondary N) is 1. The second kappa shape index (κ2) is 7.79. The number of carboxylic acids is 1. The maximum Gasteiger partial charge on any atom is 0.320 e. The predicted octanol–water partition coefficient (Wildman–Crippen LogP) is 2.47. The van der Waals surface area contributed by atoms with Gasteiger partial charge in [-0.1, -0.05) is 31.5 Å². The van der Waals surface area contributed by atoms with Crippen LogP contribution in [0.4, 0.5) is 0 Å². The maximum absolute atomic E-state index is 11.1. The number of benzene rings is 1. The summed E-state index contributed by atoms with van der Waals surface area (Å²) in [7, 11) is 1.65. The SMILES string of the molecule is CCCC(NC(C)Cc1ccccc1OC)C(=O)O. The number of carbonyl (C=O) groups is 1. The molecule has 2 atom stereocenters. The molecule has 4 heteroatoms. The molecule has 4 nitrogen and oxygen atoms in total. The molecule has 0 saturated carbocycles. The van der Waals surface area contributed by atoms with E-state index in [1.54, 1.807) is 7.11 Å². The zero-order valence-electron chi connectivity index (χ0n) is 11.8. The molecule has 1 aromatic carbocycles. The quantitative estimate of drug-likeness (QED) is 0.758. The Morgan fingerprint density at radius 2 is 2.11 bits per heavy atom. The molecule has 0 spiro atoms. The van der Waals surface area contributed by atoms with Crippen LogP contribution in [-0.2, 0) is 11.2 Å². The first kappa shape index (κ1) is 15.5. The fraction of sp³-hybridized carbons (Fsp3) is 0.533. The monoisotopic (exact) mass is 265 g/mol. The lowest BCUT2D eigenvalue weighted by molar-refractivity contribution is -0.139. The summed E-state index contributed by atoms with van der Waals surface area (Å²) >= 11 is 0. The third-order valence-electron chi connectivity index (χ3n) is 3.08.